The van der Waals surface area contributed by atoms with Crippen molar-refractivity contribution in [2.45, 2.75) is 49.3 Å². The average molecular weight is 301 g/mol. The molecule has 1 atom stereocenters. The maximum absolute atomic E-state index is 3.91. The van der Waals surface area contributed by atoms with E-state index in [1.54, 1.807) is 0 Å². The van der Waals surface area contributed by atoms with Crippen LogP contribution in [0.25, 0.3) is 0 Å². The Labute approximate surface area is 126 Å². The van der Waals surface area contributed by atoms with Gasteiger partial charge in [0.05, 0.1) is 0 Å². The van der Waals surface area contributed by atoms with Gasteiger partial charge in [-0.15, -0.1) is 0 Å². The van der Waals surface area contributed by atoms with Crippen molar-refractivity contribution < 1.29 is 0 Å². The van der Waals surface area contributed by atoms with Crippen LogP contribution in [0, 0.1) is 0 Å². The molecule has 0 amide bonds. The van der Waals surface area contributed by atoms with Gasteiger partial charge < -0.3 is 10.2 Å². The first-order valence-electron chi connectivity index (χ1n) is 8.03. The smallest absolute Gasteiger partial charge is 0.0308 e. The van der Waals surface area contributed by atoms with Crippen LogP contribution in [0.5, 0.6) is 0 Å². The van der Waals surface area contributed by atoms with Gasteiger partial charge >= 0.3 is 0 Å². The summed E-state index contributed by atoms with van der Waals surface area (Å²) in [5.74, 6) is 4.11. The molecule has 1 spiro atoms. The summed E-state index contributed by atoms with van der Waals surface area (Å²) in [4.78, 5) is 2.79. The molecular weight excluding hydrogens is 272 g/mol. The summed E-state index contributed by atoms with van der Waals surface area (Å²) in [5, 5.41) is 4.80. The molecule has 2 nitrogen and oxygen atoms in total. The monoisotopic (exact) mass is 300 g/mol. The second kappa shape index (κ2) is 7.06. The van der Waals surface area contributed by atoms with E-state index in [2.05, 4.69) is 33.7 Å². The van der Waals surface area contributed by atoms with Gasteiger partial charge in [0.25, 0.3) is 0 Å². The van der Waals surface area contributed by atoms with Crippen LogP contribution in [0.3, 0.4) is 0 Å². The van der Waals surface area contributed by atoms with E-state index in [9.17, 15) is 0 Å². The van der Waals surface area contributed by atoms with Crippen LogP contribution < -0.4 is 5.32 Å². The largest absolute Gasteiger partial charge is 0.310 e. The molecule has 1 aliphatic carbocycles. The predicted molar refractivity (Wildman–Crippen MR) is 88.4 cm³/mol. The number of thioether (sulfide) groups is 2. The number of nitrogens with zero attached hydrogens (tertiary/aromatic N) is 1. The standard InChI is InChI=1S/C15H28N2S2/c1-2-5-15(6-3-1)13-17(8-4-7-16-15)11-14-12-18-9-10-19-14/h14,16H,1-13H2. The maximum atomic E-state index is 3.91. The van der Waals surface area contributed by atoms with Crippen molar-refractivity contribution in [1.82, 2.24) is 10.2 Å². The lowest BCUT2D eigenvalue weighted by Crippen LogP contribution is -2.53. The fourth-order valence-corrected chi connectivity index (χ4v) is 6.58. The minimum absolute atomic E-state index is 0.473. The van der Waals surface area contributed by atoms with Crippen LogP contribution in [-0.2, 0) is 0 Å². The van der Waals surface area contributed by atoms with Crippen molar-refractivity contribution in [3.8, 4) is 0 Å². The number of hydrogen-bond acceptors (Lipinski definition) is 4. The van der Waals surface area contributed by atoms with Crippen LogP contribution in [0.1, 0.15) is 38.5 Å². The summed E-state index contributed by atoms with van der Waals surface area (Å²) < 4.78 is 0. The molecule has 3 rings (SSSR count). The molecule has 4 heteroatoms. The molecule has 110 valence electrons. The molecule has 2 saturated heterocycles. The van der Waals surface area contributed by atoms with Crippen LogP contribution >= 0.6 is 23.5 Å². The second-order valence-electron chi connectivity index (χ2n) is 6.42. The van der Waals surface area contributed by atoms with Crippen molar-refractivity contribution in [2.24, 2.45) is 0 Å². The van der Waals surface area contributed by atoms with Crippen molar-refractivity contribution in [3.05, 3.63) is 0 Å². The van der Waals surface area contributed by atoms with Crippen molar-refractivity contribution >= 4 is 23.5 Å². The summed E-state index contributed by atoms with van der Waals surface area (Å²) in [6.45, 7) is 5.20. The Morgan fingerprint density at radius 1 is 1.11 bits per heavy atom. The van der Waals surface area contributed by atoms with Crippen molar-refractivity contribution in [3.63, 3.8) is 0 Å². The minimum Gasteiger partial charge on any atom is -0.310 e. The Balaban J connectivity index is 1.57. The fourth-order valence-electron chi connectivity index (χ4n) is 3.87. The topological polar surface area (TPSA) is 15.3 Å². The molecule has 3 fully saturated rings. The lowest BCUT2D eigenvalue weighted by atomic mass is 9.81. The fraction of sp³-hybridized carbons (Fsp3) is 1.00. The third kappa shape index (κ3) is 4.05. The Morgan fingerprint density at radius 2 is 2.00 bits per heavy atom. The van der Waals surface area contributed by atoms with Crippen LogP contribution in [0.15, 0.2) is 0 Å². The zero-order chi connectivity index (χ0) is 13.0. The van der Waals surface area contributed by atoms with E-state index in [0.29, 0.717) is 5.54 Å². The molecule has 0 bridgehead atoms. The van der Waals surface area contributed by atoms with Gasteiger partial charge in [0.15, 0.2) is 0 Å². The van der Waals surface area contributed by atoms with Crippen LogP contribution in [-0.4, -0.2) is 59.1 Å². The molecule has 2 aliphatic heterocycles. The van der Waals surface area contributed by atoms with E-state index in [4.69, 9.17) is 0 Å². The molecular formula is C15H28N2S2. The number of hydrogen-bond donors (Lipinski definition) is 1. The Morgan fingerprint density at radius 3 is 2.79 bits per heavy atom. The normalized spacial score (nSPS) is 33.2. The summed E-state index contributed by atoms with van der Waals surface area (Å²) in [6, 6.07) is 0. The van der Waals surface area contributed by atoms with Crippen LogP contribution in [0.4, 0.5) is 0 Å². The van der Waals surface area contributed by atoms with Gasteiger partial charge in [0.1, 0.15) is 0 Å². The molecule has 0 aromatic heterocycles. The highest BCUT2D eigenvalue weighted by Crippen LogP contribution is 2.31. The van der Waals surface area contributed by atoms with Crippen LogP contribution in [0.2, 0.25) is 0 Å². The van der Waals surface area contributed by atoms with Gasteiger partial charge in [0.2, 0.25) is 0 Å². The first-order chi connectivity index (χ1) is 9.36. The molecule has 0 radical (unpaired) electrons. The third-order valence-corrected chi connectivity index (χ3v) is 7.66. The van der Waals surface area contributed by atoms with Crippen molar-refractivity contribution in [2.75, 3.05) is 43.4 Å². The Kier molecular flexibility index (Phi) is 5.41. The number of rotatable bonds is 2. The Hall–Kier alpha value is 0.620. The lowest BCUT2D eigenvalue weighted by Gasteiger charge is -2.41. The van der Waals surface area contributed by atoms with E-state index in [1.165, 1.54) is 82.0 Å². The highest BCUT2D eigenvalue weighted by Gasteiger charge is 2.35. The zero-order valence-electron chi connectivity index (χ0n) is 12.0. The van der Waals surface area contributed by atoms with Gasteiger partial charge in [-0.25, -0.2) is 0 Å². The maximum Gasteiger partial charge on any atom is 0.0308 e. The SMILES string of the molecule is C1CCC2(CC1)CN(CC1CSCCS1)CCCN2. The number of nitrogens with one attached hydrogen (secondary N) is 1. The van der Waals surface area contributed by atoms with E-state index < -0.39 is 0 Å². The molecule has 19 heavy (non-hydrogen) atoms. The first-order valence-corrected chi connectivity index (χ1v) is 10.2. The lowest BCUT2D eigenvalue weighted by molar-refractivity contribution is 0.165. The molecule has 3 aliphatic rings. The van der Waals surface area contributed by atoms with Gasteiger partial charge in [0, 0.05) is 41.1 Å². The molecule has 2 heterocycles. The third-order valence-electron chi connectivity index (χ3n) is 4.83. The second-order valence-corrected chi connectivity index (χ2v) is 8.98. The van der Waals surface area contributed by atoms with Gasteiger partial charge in [-0.3, -0.25) is 0 Å². The minimum atomic E-state index is 0.473. The summed E-state index contributed by atoms with van der Waals surface area (Å²) in [6.07, 6.45) is 8.50. The van der Waals surface area contributed by atoms with Crippen molar-refractivity contribution in [1.29, 1.82) is 0 Å². The summed E-state index contributed by atoms with van der Waals surface area (Å²) in [5.41, 5.74) is 0.473. The highest BCUT2D eigenvalue weighted by atomic mass is 32.2. The molecule has 0 aromatic rings. The highest BCUT2D eigenvalue weighted by molar-refractivity contribution is 8.06. The molecule has 1 unspecified atom stereocenters. The molecule has 1 saturated carbocycles. The van der Waals surface area contributed by atoms with Gasteiger partial charge in [-0.2, -0.15) is 23.5 Å². The summed E-state index contributed by atoms with van der Waals surface area (Å²) in [7, 11) is 0. The molecule has 1 N–H and O–H groups in total. The molecule has 0 aromatic carbocycles. The summed E-state index contributed by atoms with van der Waals surface area (Å²) >= 11 is 4.38. The van der Waals surface area contributed by atoms with Gasteiger partial charge in [-0.05, 0) is 32.4 Å². The van der Waals surface area contributed by atoms with E-state index in [0.717, 1.165) is 5.25 Å². The predicted octanol–water partition coefficient (Wildman–Crippen LogP) is 2.83. The van der Waals surface area contributed by atoms with E-state index in [-0.39, 0.29) is 0 Å². The van der Waals surface area contributed by atoms with E-state index in [1.807, 2.05) is 0 Å². The van der Waals surface area contributed by atoms with E-state index >= 15 is 0 Å². The first kappa shape index (κ1) is 14.6. The zero-order valence-corrected chi connectivity index (χ0v) is 13.7. The Bertz CT molecular complexity index is 273. The quantitative estimate of drug-likeness (QED) is 0.843. The van der Waals surface area contributed by atoms with Gasteiger partial charge in [-0.1, -0.05) is 19.3 Å². The average Bonchev–Trinajstić information content (AvgIpc) is 2.63.